The fourth-order valence-corrected chi connectivity index (χ4v) is 2.19. The van der Waals surface area contributed by atoms with Crippen molar-refractivity contribution in [3.05, 3.63) is 0 Å². The molecule has 0 aromatic heterocycles. The van der Waals surface area contributed by atoms with Gasteiger partial charge in [0.25, 0.3) is 0 Å². The lowest BCUT2D eigenvalue weighted by molar-refractivity contribution is -0.141. The maximum absolute atomic E-state index is 10.8. The third-order valence-corrected chi connectivity index (χ3v) is 2.82. The van der Waals surface area contributed by atoms with E-state index in [0.717, 1.165) is 12.8 Å². The summed E-state index contributed by atoms with van der Waals surface area (Å²) >= 11 is 0. The summed E-state index contributed by atoms with van der Waals surface area (Å²) in [6, 6.07) is 0. The average Bonchev–Trinajstić information content (AvgIpc) is 2.45. The number of carbonyl (C=O) groups excluding carboxylic acids is 1. The van der Waals surface area contributed by atoms with Gasteiger partial charge in [-0.25, -0.2) is 0 Å². The lowest BCUT2D eigenvalue weighted by atomic mass is 9.94. The fourth-order valence-electron chi connectivity index (χ4n) is 2.19. The van der Waals surface area contributed by atoms with Crippen LogP contribution in [0.1, 0.15) is 19.3 Å². The van der Waals surface area contributed by atoms with E-state index in [4.69, 9.17) is 9.84 Å². The van der Waals surface area contributed by atoms with Crippen LogP contribution in [0.4, 0.5) is 0 Å². The highest BCUT2D eigenvalue weighted by atomic mass is 16.6. The van der Waals surface area contributed by atoms with Crippen LogP contribution >= 0.6 is 0 Å². The first kappa shape index (κ1) is 7.10. The Kier molecular flexibility index (Phi) is 1.60. The molecule has 3 nitrogen and oxygen atoms in total. The number of rotatable bonds is 1. The highest BCUT2D eigenvalue weighted by molar-refractivity contribution is 5.72. The lowest BCUT2D eigenvalue weighted by Gasteiger charge is -2.11. The number of hydrogen-bond donors (Lipinski definition) is 1. The van der Waals surface area contributed by atoms with Gasteiger partial charge in [0.05, 0.1) is 6.42 Å². The van der Waals surface area contributed by atoms with Gasteiger partial charge < -0.3 is 9.84 Å². The number of fused-ring (bicyclic) bond motifs is 1. The van der Waals surface area contributed by atoms with Gasteiger partial charge in [-0.2, -0.15) is 0 Å². The Hall–Kier alpha value is -0.570. The largest absolute Gasteiger partial charge is 0.462 e. The minimum atomic E-state index is -0.0850. The molecule has 3 atom stereocenters. The van der Waals surface area contributed by atoms with Crippen molar-refractivity contribution in [2.45, 2.75) is 25.4 Å². The number of aliphatic hydroxyl groups is 1. The summed E-state index contributed by atoms with van der Waals surface area (Å²) in [5.41, 5.74) is 0. The van der Waals surface area contributed by atoms with Crippen molar-refractivity contribution < 1.29 is 14.6 Å². The van der Waals surface area contributed by atoms with Crippen LogP contribution in [0.15, 0.2) is 0 Å². The van der Waals surface area contributed by atoms with Crippen molar-refractivity contribution in [3.8, 4) is 0 Å². The van der Waals surface area contributed by atoms with Crippen molar-refractivity contribution in [3.63, 3.8) is 0 Å². The van der Waals surface area contributed by atoms with Crippen LogP contribution in [0.2, 0.25) is 0 Å². The molecule has 0 amide bonds. The van der Waals surface area contributed by atoms with Crippen LogP contribution in [0, 0.1) is 11.8 Å². The molecule has 1 saturated carbocycles. The van der Waals surface area contributed by atoms with Crippen molar-refractivity contribution >= 4 is 5.97 Å². The molecule has 0 bridgehead atoms. The molecule has 3 heteroatoms. The second-order valence-corrected chi connectivity index (χ2v) is 3.42. The molecule has 11 heavy (non-hydrogen) atoms. The summed E-state index contributed by atoms with van der Waals surface area (Å²) < 4.78 is 5.07. The van der Waals surface area contributed by atoms with E-state index >= 15 is 0 Å². The number of carbonyl (C=O) groups is 1. The van der Waals surface area contributed by atoms with Crippen LogP contribution in [0.25, 0.3) is 0 Å². The molecule has 2 rings (SSSR count). The van der Waals surface area contributed by atoms with Gasteiger partial charge in [0.1, 0.15) is 6.10 Å². The van der Waals surface area contributed by atoms with Crippen molar-refractivity contribution in [2.75, 3.05) is 6.61 Å². The normalized spacial score (nSPS) is 42.3. The van der Waals surface area contributed by atoms with Gasteiger partial charge in [-0.3, -0.25) is 4.79 Å². The first-order chi connectivity index (χ1) is 5.31. The van der Waals surface area contributed by atoms with E-state index in [9.17, 15) is 4.79 Å². The highest BCUT2D eigenvalue weighted by Gasteiger charge is 2.44. The molecule has 0 radical (unpaired) electrons. The van der Waals surface area contributed by atoms with Gasteiger partial charge in [-0.05, 0) is 18.8 Å². The van der Waals surface area contributed by atoms with Gasteiger partial charge in [0.15, 0.2) is 0 Å². The number of hydrogen-bond acceptors (Lipinski definition) is 3. The van der Waals surface area contributed by atoms with E-state index in [0.29, 0.717) is 18.3 Å². The van der Waals surface area contributed by atoms with Gasteiger partial charge in [0, 0.05) is 12.5 Å². The van der Waals surface area contributed by atoms with Crippen LogP contribution in [0.5, 0.6) is 0 Å². The topological polar surface area (TPSA) is 46.5 Å². The number of ether oxygens (including phenoxy) is 1. The minimum absolute atomic E-state index is 0.0850. The zero-order valence-corrected chi connectivity index (χ0v) is 6.32. The summed E-state index contributed by atoms with van der Waals surface area (Å²) in [4.78, 5) is 10.8. The predicted octanol–water partition coefficient (Wildman–Crippen LogP) is 0.320. The molecule has 2 unspecified atom stereocenters. The Morgan fingerprint density at radius 1 is 1.55 bits per heavy atom. The van der Waals surface area contributed by atoms with Crippen molar-refractivity contribution in [1.29, 1.82) is 0 Å². The Balaban J connectivity index is 2.07. The Bertz CT molecular complexity index is 178. The molecule has 62 valence electrons. The third kappa shape index (κ3) is 1.03. The Morgan fingerprint density at radius 3 is 3.09 bits per heavy atom. The highest BCUT2D eigenvalue weighted by Crippen LogP contribution is 2.40. The van der Waals surface area contributed by atoms with E-state index in [1.165, 1.54) is 0 Å². The molecular formula is C8H12O3. The van der Waals surface area contributed by atoms with Crippen LogP contribution in [-0.4, -0.2) is 23.8 Å². The zero-order chi connectivity index (χ0) is 7.84. The SMILES string of the molecule is O=C1C[C@@H]2C(CO)CCC2O1. The number of esters is 1. The predicted molar refractivity (Wildman–Crippen MR) is 37.8 cm³/mol. The fraction of sp³-hybridized carbons (Fsp3) is 0.875. The van der Waals surface area contributed by atoms with E-state index in [-0.39, 0.29) is 18.7 Å². The van der Waals surface area contributed by atoms with E-state index in [2.05, 4.69) is 0 Å². The molecule has 1 N–H and O–H groups in total. The molecule has 1 aliphatic heterocycles. The quantitative estimate of drug-likeness (QED) is 0.556. The first-order valence-corrected chi connectivity index (χ1v) is 4.11. The van der Waals surface area contributed by atoms with E-state index in [1.54, 1.807) is 0 Å². The van der Waals surface area contributed by atoms with E-state index < -0.39 is 0 Å². The molecule has 1 saturated heterocycles. The van der Waals surface area contributed by atoms with Gasteiger partial charge >= 0.3 is 5.97 Å². The summed E-state index contributed by atoms with van der Waals surface area (Å²) in [5.74, 6) is 0.539. The smallest absolute Gasteiger partial charge is 0.306 e. The Morgan fingerprint density at radius 2 is 2.36 bits per heavy atom. The van der Waals surface area contributed by atoms with Crippen LogP contribution in [0.3, 0.4) is 0 Å². The molecule has 1 aliphatic carbocycles. The number of aliphatic hydroxyl groups excluding tert-OH is 1. The van der Waals surface area contributed by atoms with Crippen LogP contribution < -0.4 is 0 Å². The molecule has 0 aromatic rings. The molecule has 1 heterocycles. The monoisotopic (exact) mass is 156 g/mol. The minimum Gasteiger partial charge on any atom is -0.462 e. The van der Waals surface area contributed by atoms with E-state index in [1.807, 2.05) is 0 Å². The maximum atomic E-state index is 10.8. The van der Waals surface area contributed by atoms with Gasteiger partial charge in [-0.15, -0.1) is 0 Å². The summed E-state index contributed by atoms with van der Waals surface area (Å²) in [6.45, 7) is 0.206. The molecule has 2 fully saturated rings. The lowest BCUT2D eigenvalue weighted by Crippen LogP contribution is -2.16. The molecule has 0 spiro atoms. The van der Waals surface area contributed by atoms with Crippen molar-refractivity contribution in [1.82, 2.24) is 0 Å². The Labute approximate surface area is 65.4 Å². The third-order valence-electron chi connectivity index (χ3n) is 2.82. The van der Waals surface area contributed by atoms with Crippen LogP contribution in [-0.2, 0) is 9.53 Å². The summed E-state index contributed by atoms with van der Waals surface area (Å²) in [7, 11) is 0. The van der Waals surface area contributed by atoms with Crippen molar-refractivity contribution in [2.24, 2.45) is 11.8 Å². The van der Waals surface area contributed by atoms with Gasteiger partial charge in [-0.1, -0.05) is 0 Å². The molecular weight excluding hydrogens is 144 g/mol. The second-order valence-electron chi connectivity index (χ2n) is 3.42. The standard InChI is InChI=1S/C8H12O3/c9-4-5-1-2-7-6(5)3-8(10)11-7/h5-7,9H,1-4H2/t5?,6-,7?/m1/s1. The van der Waals surface area contributed by atoms with Gasteiger partial charge in [0.2, 0.25) is 0 Å². The summed E-state index contributed by atoms with van der Waals surface area (Å²) in [5, 5.41) is 8.93. The maximum Gasteiger partial charge on any atom is 0.306 e. The summed E-state index contributed by atoms with van der Waals surface area (Å²) in [6.07, 6.45) is 2.61. The second kappa shape index (κ2) is 2.48. The first-order valence-electron chi connectivity index (χ1n) is 4.11. The average molecular weight is 156 g/mol. The zero-order valence-electron chi connectivity index (χ0n) is 6.32. The molecule has 0 aromatic carbocycles. The molecule has 2 aliphatic rings.